The number of fused-ring (bicyclic) bond motifs is 3. The molecule has 4 N–H and O–H groups in total. The molecule has 29 heavy (non-hydrogen) atoms. The van der Waals surface area contributed by atoms with Crippen molar-refractivity contribution in [2.75, 3.05) is 0 Å². The van der Waals surface area contributed by atoms with Crippen molar-refractivity contribution in [1.29, 1.82) is 0 Å². The third kappa shape index (κ3) is 2.27. The lowest BCUT2D eigenvalue weighted by Crippen LogP contribution is -2.73. The maximum absolute atomic E-state index is 12.9. The number of rotatable bonds is 1. The van der Waals surface area contributed by atoms with Crippen LogP contribution in [0.15, 0.2) is 12.2 Å². The van der Waals surface area contributed by atoms with Crippen molar-refractivity contribution >= 4 is 11.8 Å². The molecule has 162 valence electrons. The highest BCUT2D eigenvalue weighted by Gasteiger charge is 2.77. The fourth-order valence-electron chi connectivity index (χ4n) is 7.68. The molecule has 0 amide bonds. The molecule has 4 saturated carbocycles. The number of aliphatic hydroxyl groups excluding tert-OH is 4. The predicted octanol–water partition coefficient (Wildman–Crippen LogP) is 0.579. The van der Waals surface area contributed by atoms with E-state index in [9.17, 15) is 30.0 Å². The minimum Gasteiger partial charge on any atom is -0.462 e. The summed E-state index contributed by atoms with van der Waals surface area (Å²) in [6.45, 7) is 11.0. The van der Waals surface area contributed by atoms with Crippen LogP contribution in [0, 0.1) is 34.0 Å². The van der Waals surface area contributed by atoms with E-state index in [1.165, 1.54) is 6.92 Å². The Balaban J connectivity index is 1.86. The van der Waals surface area contributed by atoms with Gasteiger partial charge in [0.25, 0.3) is 0 Å². The molecule has 10 atom stereocenters. The molecular weight excluding hydrogens is 376 g/mol. The number of carbonyl (C=O) groups excluding carboxylic acids is 2. The largest absolute Gasteiger partial charge is 0.462 e. The molecule has 0 saturated heterocycles. The summed E-state index contributed by atoms with van der Waals surface area (Å²) >= 11 is 0. The average Bonchev–Trinajstić information content (AvgIpc) is 2.74. The predicted molar refractivity (Wildman–Crippen MR) is 102 cm³/mol. The standard InChI is InChI=1S/C22H32O7/c1-9-17-11(24)6-13-21(5)12(7-15(26)22(13,18(9)27)19(17)28)20(3,4)16(8-14(21)25)29-10(2)23/h12-19,25-28H,1,6-8H2,2-5H3/t12-,13+,14+,15-,16+,17-,18-,19-,21-,22+/m1/s1. The minimum absolute atomic E-state index is 0.0627. The molecular formula is C22H32O7. The van der Waals surface area contributed by atoms with E-state index in [2.05, 4.69) is 6.58 Å². The van der Waals surface area contributed by atoms with Crippen LogP contribution in [0.5, 0.6) is 0 Å². The molecule has 7 nitrogen and oxygen atoms in total. The number of ketones is 1. The first-order valence-electron chi connectivity index (χ1n) is 10.4. The fourth-order valence-corrected chi connectivity index (χ4v) is 7.68. The van der Waals surface area contributed by atoms with Crippen LogP contribution in [0.2, 0.25) is 0 Å². The molecule has 0 unspecified atom stereocenters. The van der Waals surface area contributed by atoms with E-state index in [-0.39, 0.29) is 36.5 Å². The molecule has 4 fully saturated rings. The van der Waals surface area contributed by atoms with Crippen LogP contribution < -0.4 is 0 Å². The zero-order chi connectivity index (χ0) is 21.7. The Labute approximate surface area is 170 Å². The quantitative estimate of drug-likeness (QED) is 0.369. The highest BCUT2D eigenvalue weighted by Crippen LogP contribution is 2.71. The lowest BCUT2D eigenvalue weighted by atomic mass is 9.38. The normalized spacial score (nSPS) is 53.2. The van der Waals surface area contributed by atoms with E-state index < -0.39 is 64.6 Å². The lowest BCUT2D eigenvalue weighted by molar-refractivity contribution is -0.285. The Morgan fingerprint density at radius 2 is 1.69 bits per heavy atom. The van der Waals surface area contributed by atoms with Gasteiger partial charge in [-0.2, -0.15) is 0 Å². The molecule has 4 aliphatic rings. The van der Waals surface area contributed by atoms with Gasteiger partial charge in [-0.05, 0) is 23.8 Å². The van der Waals surface area contributed by atoms with E-state index in [1.807, 2.05) is 20.8 Å². The van der Waals surface area contributed by atoms with Gasteiger partial charge < -0.3 is 25.2 Å². The third-order valence-corrected chi connectivity index (χ3v) is 9.14. The van der Waals surface area contributed by atoms with Crippen molar-refractivity contribution in [3.63, 3.8) is 0 Å². The zero-order valence-corrected chi connectivity index (χ0v) is 17.5. The van der Waals surface area contributed by atoms with Crippen molar-refractivity contribution in [1.82, 2.24) is 0 Å². The van der Waals surface area contributed by atoms with E-state index in [0.717, 1.165) is 0 Å². The zero-order valence-electron chi connectivity index (χ0n) is 17.5. The Bertz CT molecular complexity index is 775. The molecule has 0 aliphatic heterocycles. The lowest BCUT2D eigenvalue weighted by Gasteiger charge is -2.68. The number of hydrogen-bond acceptors (Lipinski definition) is 7. The molecule has 7 heteroatoms. The van der Waals surface area contributed by atoms with Crippen LogP contribution in [0.1, 0.15) is 47.0 Å². The van der Waals surface area contributed by atoms with E-state index in [0.29, 0.717) is 0 Å². The Morgan fingerprint density at radius 3 is 2.28 bits per heavy atom. The summed E-state index contributed by atoms with van der Waals surface area (Å²) in [5.74, 6) is -2.42. The maximum atomic E-state index is 12.9. The van der Waals surface area contributed by atoms with Crippen molar-refractivity contribution in [2.45, 2.75) is 77.5 Å². The first-order chi connectivity index (χ1) is 13.3. The Hall–Kier alpha value is -1.28. The third-order valence-electron chi connectivity index (χ3n) is 9.14. The number of hydrogen-bond donors (Lipinski definition) is 4. The highest BCUT2D eigenvalue weighted by atomic mass is 16.5. The van der Waals surface area contributed by atoms with Gasteiger partial charge in [0, 0.05) is 30.6 Å². The first kappa shape index (κ1) is 21.0. The van der Waals surface area contributed by atoms with Crippen LogP contribution >= 0.6 is 0 Å². The summed E-state index contributed by atoms with van der Waals surface area (Å²) in [4.78, 5) is 24.5. The molecule has 0 aromatic rings. The van der Waals surface area contributed by atoms with E-state index in [4.69, 9.17) is 4.74 Å². The molecule has 0 aromatic carbocycles. The highest BCUT2D eigenvalue weighted by molar-refractivity contribution is 5.88. The van der Waals surface area contributed by atoms with Crippen molar-refractivity contribution < 1.29 is 34.8 Å². The Morgan fingerprint density at radius 1 is 1.07 bits per heavy atom. The summed E-state index contributed by atoms with van der Waals surface area (Å²) in [7, 11) is 0. The van der Waals surface area contributed by atoms with Crippen molar-refractivity contribution in [2.24, 2.45) is 34.0 Å². The average molecular weight is 408 g/mol. The van der Waals surface area contributed by atoms with Crippen molar-refractivity contribution in [3.8, 4) is 0 Å². The summed E-state index contributed by atoms with van der Waals surface area (Å²) in [5, 5.41) is 44.8. The summed E-state index contributed by atoms with van der Waals surface area (Å²) in [6, 6.07) is 0. The second-order valence-corrected chi connectivity index (χ2v) is 10.5. The van der Waals surface area contributed by atoms with Crippen LogP contribution in [-0.4, -0.2) is 62.7 Å². The van der Waals surface area contributed by atoms with Crippen LogP contribution in [-0.2, 0) is 14.3 Å². The number of Topliss-reactive ketones (excluding diaryl/α,β-unsaturated/α-hetero) is 1. The molecule has 2 bridgehead atoms. The van der Waals surface area contributed by atoms with Crippen LogP contribution in [0.3, 0.4) is 0 Å². The molecule has 1 spiro atoms. The van der Waals surface area contributed by atoms with Gasteiger partial charge in [0.1, 0.15) is 11.9 Å². The van der Waals surface area contributed by atoms with Gasteiger partial charge in [0.2, 0.25) is 0 Å². The molecule has 0 radical (unpaired) electrons. The number of aliphatic hydroxyl groups is 4. The number of carbonyl (C=O) groups is 2. The molecule has 4 aliphatic carbocycles. The fraction of sp³-hybridized carbons (Fsp3) is 0.818. The van der Waals surface area contributed by atoms with Gasteiger partial charge in [-0.3, -0.25) is 9.59 Å². The van der Waals surface area contributed by atoms with E-state index in [1.54, 1.807) is 0 Å². The molecule has 0 heterocycles. The smallest absolute Gasteiger partial charge is 0.302 e. The van der Waals surface area contributed by atoms with Crippen molar-refractivity contribution in [3.05, 3.63) is 12.2 Å². The summed E-state index contributed by atoms with van der Waals surface area (Å²) in [5.41, 5.74) is -2.50. The first-order valence-corrected chi connectivity index (χ1v) is 10.4. The van der Waals surface area contributed by atoms with Gasteiger partial charge in [0.05, 0.1) is 35.7 Å². The summed E-state index contributed by atoms with van der Waals surface area (Å²) < 4.78 is 5.52. The van der Waals surface area contributed by atoms with Gasteiger partial charge in [-0.25, -0.2) is 0 Å². The Kier molecular flexibility index (Phi) is 4.43. The van der Waals surface area contributed by atoms with Gasteiger partial charge in [-0.1, -0.05) is 27.4 Å². The minimum atomic E-state index is -1.33. The molecule has 4 rings (SSSR count). The van der Waals surface area contributed by atoms with Crippen LogP contribution in [0.25, 0.3) is 0 Å². The number of esters is 1. The summed E-state index contributed by atoms with van der Waals surface area (Å²) in [6.07, 6.45) is -4.49. The second kappa shape index (κ2) is 6.13. The van der Waals surface area contributed by atoms with E-state index >= 15 is 0 Å². The second-order valence-electron chi connectivity index (χ2n) is 10.5. The monoisotopic (exact) mass is 408 g/mol. The van der Waals surface area contributed by atoms with Gasteiger partial charge >= 0.3 is 5.97 Å². The van der Waals surface area contributed by atoms with Crippen LogP contribution in [0.4, 0.5) is 0 Å². The maximum Gasteiger partial charge on any atom is 0.302 e. The van der Waals surface area contributed by atoms with Gasteiger partial charge in [0.15, 0.2) is 0 Å². The topological polar surface area (TPSA) is 124 Å². The van der Waals surface area contributed by atoms with Gasteiger partial charge in [-0.15, -0.1) is 0 Å². The SMILES string of the molecule is C=C1[C@@H]2C(=O)C[C@H]3[C@@]4(C)[C@H](C[C@@H](O)[C@@]3([C@@H]1O)[C@@H]2O)C(C)(C)[C@@H](OC(C)=O)C[C@@H]4O. The number of ether oxygens (including phenoxy) is 1. The molecule has 0 aromatic heterocycles.